The van der Waals surface area contributed by atoms with Crippen LogP contribution < -0.4 is 10.5 Å². The number of nitrogens with two attached hydrogens (primary N) is 1. The van der Waals surface area contributed by atoms with Gasteiger partial charge in [-0.1, -0.05) is 12.2 Å². The van der Waals surface area contributed by atoms with E-state index in [4.69, 9.17) is 5.73 Å². The van der Waals surface area contributed by atoms with Gasteiger partial charge in [0.15, 0.2) is 0 Å². The fraction of sp³-hybridized carbons (Fsp3) is 0.222. The van der Waals surface area contributed by atoms with Gasteiger partial charge in [0.1, 0.15) is 16.5 Å². The lowest BCUT2D eigenvalue weighted by Crippen LogP contribution is -2.41. The summed E-state index contributed by atoms with van der Waals surface area (Å²) in [5, 5.41) is 0. The number of thiocarbonyl (C=S) groups is 1. The molecule has 1 aromatic carbocycles. The number of halogens is 2. The van der Waals surface area contributed by atoms with E-state index in [1.54, 1.807) is 0 Å². The van der Waals surface area contributed by atoms with Crippen LogP contribution in [0.5, 0.6) is 0 Å². The highest BCUT2D eigenvalue weighted by molar-refractivity contribution is 7.89. The highest BCUT2D eigenvalue weighted by Crippen LogP contribution is 2.15. The van der Waals surface area contributed by atoms with Crippen LogP contribution in [0.4, 0.5) is 8.78 Å². The van der Waals surface area contributed by atoms with Crippen LogP contribution in [-0.2, 0) is 10.0 Å². The summed E-state index contributed by atoms with van der Waals surface area (Å²) in [5.41, 5.74) is 5.23. The van der Waals surface area contributed by atoms with Crippen molar-refractivity contribution >= 4 is 27.2 Å². The van der Waals surface area contributed by atoms with Crippen LogP contribution >= 0.6 is 12.2 Å². The normalized spacial score (nSPS) is 13.4. The Bertz CT molecular complexity index is 546. The molecule has 0 fully saturated rings. The molecule has 0 saturated carbocycles. The topological polar surface area (TPSA) is 72.2 Å². The molecule has 1 aromatic rings. The van der Waals surface area contributed by atoms with Crippen molar-refractivity contribution in [3.63, 3.8) is 0 Å². The first-order valence-corrected chi connectivity index (χ1v) is 6.40. The smallest absolute Gasteiger partial charge is 0.244 e. The van der Waals surface area contributed by atoms with Crippen molar-refractivity contribution in [1.29, 1.82) is 0 Å². The van der Waals surface area contributed by atoms with Gasteiger partial charge in [0, 0.05) is 0 Å². The molecule has 17 heavy (non-hydrogen) atoms. The van der Waals surface area contributed by atoms with E-state index in [0.29, 0.717) is 6.07 Å². The van der Waals surface area contributed by atoms with Gasteiger partial charge in [-0.05, 0) is 25.1 Å². The third-order valence-corrected chi connectivity index (χ3v) is 3.85. The van der Waals surface area contributed by atoms with Crippen molar-refractivity contribution in [2.45, 2.75) is 17.9 Å². The average molecular weight is 280 g/mol. The Balaban J connectivity index is 3.13. The van der Waals surface area contributed by atoms with Crippen molar-refractivity contribution in [1.82, 2.24) is 4.72 Å². The maximum atomic E-state index is 13.3. The molecule has 0 heterocycles. The Kier molecular flexibility index (Phi) is 4.12. The quantitative estimate of drug-likeness (QED) is 0.804. The van der Waals surface area contributed by atoms with Gasteiger partial charge in [0.05, 0.1) is 11.0 Å². The molecule has 0 bridgehead atoms. The summed E-state index contributed by atoms with van der Waals surface area (Å²) in [6.45, 7) is 1.40. The first-order chi connectivity index (χ1) is 7.74. The molecule has 0 aliphatic heterocycles. The van der Waals surface area contributed by atoms with Crippen molar-refractivity contribution < 1.29 is 17.2 Å². The predicted molar refractivity (Wildman–Crippen MR) is 62.9 cm³/mol. The van der Waals surface area contributed by atoms with Gasteiger partial charge < -0.3 is 5.73 Å². The molecule has 4 nitrogen and oxygen atoms in total. The summed E-state index contributed by atoms with van der Waals surface area (Å²) in [5.74, 6) is -1.90. The lowest BCUT2D eigenvalue weighted by atomic mass is 10.3. The zero-order valence-electron chi connectivity index (χ0n) is 8.78. The van der Waals surface area contributed by atoms with Crippen molar-refractivity contribution in [3.05, 3.63) is 29.8 Å². The van der Waals surface area contributed by atoms with Crippen LogP contribution in [0.3, 0.4) is 0 Å². The summed E-state index contributed by atoms with van der Waals surface area (Å²) >= 11 is 4.58. The molecule has 0 spiro atoms. The van der Waals surface area contributed by atoms with E-state index >= 15 is 0 Å². The molecule has 0 saturated heterocycles. The lowest BCUT2D eigenvalue weighted by Gasteiger charge is -2.13. The highest BCUT2D eigenvalue weighted by atomic mass is 32.2. The summed E-state index contributed by atoms with van der Waals surface area (Å²) in [7, 11) is -4.19. The predicted octanol–water partition coefficient (Wildman–Crippen LogP) is 0.918. The summed E-state index contributed by atoms with van der Waals surface area (Å²) in [6, 6.07) is 1.29. The Morgan fingerprint density at radius 1 is 1.47 bits per heavy atom. The maximum absolute atomic E-state index is 13.3. The SMILES string of the molecule is CC(NS(=O)(=O)c1cc(F)ccc1F)C(N)=S. The first-order valence-electron chi connectivity index (χ1n) is 4.51. The lowest BCUT2D eigenvalue weighted by molar-refractivity contribution is 0.544. The van der Waals surface area contributed by atoms with Gasteiger partial charge in [-0.25, -0.2) is 21.9 Å². The van der Waals surface area contributed by atoms with E-state index < -0.39 is 32.6 Å². The molecule has 94 valence electrons. The average Bonchev–Trinajstić information content (AvgIpc) is 2.20. The molecule has 8 heteroatoms. The maximum Gasteiger partial charge on any atom is 0.244 e. The van der Waals surface area contributed by atoms with Gasteiger partial charge in [-0.3, -0.25) is 0 Å². The molecule has 1 atom stereocenters. The van der Waals surface area contributed by atoms with Crippen molar-refractivity contribution in [2.24, 2.45) is 5.73 Å². The fourth-order valence-corrected chi connectivity index (χ4v) is 2.48. The number of rotatable bonds is 4. The van der Waals surface area contributed by atoms with Gasteiger partial charge in [-0.2, -0.15) is 0 Å². The van der Waals surface area contributed by atoms with E-state index in [0.717, 1.165) is 12.1 Å². The van der Waals surface area contributed by atoms with Crippen LogP contribution in [0.2, 0.25) is 0 Å². The van der Waals surface area contributed by atoms with Gasteiger partial charge >= 0.3 is 0 Å². The number of hydrogen-bond acceptors (Lipinski definition) is 3. The minimum absolute atomic E-state index is 0.0922. The van der Waals surface area contributed by atoms with Gasteiger partial charge in [0.2, 0.25) is 10.0 Å². The van der Waals surface area contributed by atoms with E-state index in [1.807, 2.05) is 4.72 Å². The second-order valence-electron chi connectivity index (χ2n) is 3.32. The second kappa shape index (κ2) is 5.03. The molecule has 0 aliphatic rings. The number of hydrogen-bond donors (Lipinski definition) is 2. The highest BCUT2D eigenvalue weighted by Gasteiger charge is 2.22. The minimum atomic E-state index is -4.19. The molecule has 0 aliphatic carbocycles. The van der Waals surface area contributed by atoms with Crippen LogP contribution in [0.15, 0.2) is 23.1 Å². The van der Waals surface area contributed by atoms with Crippen LogP contribution in [0.1, 0.15) is 6.92 Å². The molecule has 0 radical (unpaired) electrons. The second-order valence-corrected chi connectivity index (χ2v) is 5.47. The minimum Gasteiger partial charge on any atom is -0.392 e. The van der Waals surface area contributed by atoms with Crippen molar-refractivity contribution in [2.75, 3.05) is 0 Å². The molecule has 3 N–H and O–H groups in total. The third-order valence-electron chi connectivity index (χ3n) is 1.94. The van der Waals surface area contributed by atoms with Crippen LogP contribution in [0, 0.1) is 11.6 Å². The Morgan fingerprint density at radius 2 is 2.06 bits per heavy atom. The molecule has 1 rings (SSSR count). The van der Waals surface area contributed by atoms with Crippen LogP contribution in [-0.4, -0.2) is 19.4 Å². The van der Waals surface area contributed by atoms with E-state index in [9.17, 15) is 17.2 Å². The number of sulfonamides is 1. The van der Waals surface area contributed by atoms with Crippen molar-refractivity contribution in [3.8, 4) is 0 Å². The number of benzene rings is 1. The van der Waals surface area contributed by atoms with E-state index in [-0.39, 0.29) is 4.99 Å². The Hall–Kier alpha value is -1.12. The molecule has 1 unspecified atom stereocenters. The van der Waals surface area contributed by atoms with Gasteiger partial charge in [-0.15, -0.1) is 0 Å². The largest absolute Gasteiger partial charge is 0.392 e. The summed E-state index contributed by atoms with van der Waals surface area (Å²) < 4.78 is 51.5. The summed E-state index contributed by atoms with van der Waals surface area (Å²) in [4.78, 5) is -0.869. The zero-order valence-corrected chi connectivity index (χ0v) is 10.4. The molecule has 0 amide bonds. The molecule has 0 aromatic heterocycles. The zero-order chi connectivity index (χ0) is 13.2. The summed E-state index contributed by atoms with van der Waals surface area (Å²) in [6.07, 6.45) is 0. The monoisotopic (exact) mass is 280 g/mol. The van der Waals surface area contributed by atoms with E-state index in [1.165, 1.54) is 6.92 Å². The molecular weight excluding hydrogens is 270 g/mol. The standard InChI is InChI=1S/C9H10F2N2O2S2/c1-5(9(12)16)13-17(14,15)8-4-6(10)2-3-7(8)11/h2-5,13H,1H3,(H2,12,16). The number of nitrogens with one attached hydrogen (secondary N) is 1. The van der Waals surface area contributed by atoms with Gasteiger partial charge in [0.25, 0.3) is 0 Å². The van der Waals surface area contributed by atoms with Crippen LogP contribution in [0.25, 0.3) is 0 Å². The Morgan fingerprint density at radius 3 is 2.59 bits per heavy atom. The Labute approximate surface area is 103 Å². The first kappa shape index (κ1) is 13.9. The fourth-order valence-electron chi connectivity index (χ4n) is 1.04. The third kappa shape index (κ3) is 3.42. The van der Waals surface area contributed by atoms with E-state index in [2.05, 4.69) is 12.2 Å². The molecular formula is C9H10F2N2O2S2.